The number of para-hydroxylation sites is 1. The van der Waals surface area contributed by atoms with Crippen molar-refractivity contribution in [1.29, 1.82) is 0 Å². The van der Waals surface area contributed by atoms with Gasteiger partial charge in [-0.05, 0) is 26.8 Å². The van der Waals surface area contributed by atoms with E-state index < -0.39 is 0 Å². The molecule has 0 atom stereocenters. The monoisotopic (exact) mass is 310 g/mol. The van der Waals surface area contributed by atoms with Crippen molar-refractivity contribution in [2.75, 3.05) is 19.7 Å². The normalized spacial score (nSPS) is 17.4. The number of benzene rings is 1. The van der Waals surface area contributed by atoms with Crippen LogP contribution in [0.5, 0.6) is 5.75 Å². The van der Waals surface area contributed by atoms with E-state index in [1.165, 1.54) is 5.56 Å². The number of hydrogen-bond acceptors (Lipinski definition) is 4. The SMILES string of the molecule is COc1ccccc1CN1CSC(=S)N(C(C)(C)C)C1. The van der Waals surface area contributed by atoms with Gasteiger partial charge in [0.2, 0.25) is 0 Å². The Balaban J connectivity index is 2.09. The van der Waals surface area contributed by atoms with Crippen LogP contribution in [0, 0.1) is 0 Å². The summed E-state index contributed by atoms with van der Waals surface area (Å²) < 4.78 is 6.42. The molecule has 0 amide bonds. The van der Waals surface area contributed by atoms with Crippen molar-refractivity contribution in [3.05, 3.63) is 29.8 Å². The lowest BCUT2D eigenvalue weighted by Gasteiger charge is -2.44. The summed E-state index contributed by atoms with van der Waals surface area (Å²) in [5, 5.41) is 0. The lowest BCUT2D eigenvalue weighted by atomic mass is 10.1. The van der Waals surface area contributed by atoms with Crippen molar-refractivity contribution in [2.24, 2.45) is 0 Å². The minimum Gasteiger partial charge on any atom is -0.496 e. The molecule has 0 spiro atoms. The highest BCUT2D eigenvalue weighted by Crippen LogP contribution is 2.28. The number of rotatable bonds is 3. The molecule has 1 aromatic rings. The summed E-state index contributed by atoms with van der Waals surface area (Å²) in [5.74, 6) is 1.89. The summed E-state index contributed by atoms with van der Waals surface area (Å²) >= 11 is 7.22. The molecule has 0 N–H and O–H groups in total. The molecule has 1 aliphatic rings. The molecule has 0 bridgehead atoms. The van der Waals surface area contributed by atoms with Gasteiger partial charge in [0.25, 0.3) is 0 Å². The van der Waals surface area contributed by atoms with Gasteiger partial charge in [-0.3, -0.25) is 4.90 Å². The average Bonchev–Trinajstić information content (AvgIpc) is 2.40. The Hall–Kier alpha value is -0.780. The molecule has 3 nitrogen and oxygen atoms in total. The van der Waals surface area contributed by atoms with Gasteiger partial charge in [0.1, 0.15) is 10.1 Å². The van der Waals surface area contributed by atoms with E-state index in [0.717, 1.165) is 29.2 Å². The summed E-state index contributed by atoms with van der Waals surface area (Å²) in [6.45, 7) is 8.35. The summed E-state index contributed by atoms with van der Waals surface area (Å²) in [5.41, 5.74) is 1.28. The van der Waals surface area contributed by atoms with Gasteiger partial charge in [-0.25, -0.2) is 0 Å². The maximum Gasteiger partial charge on any atom is 0.139 e. The molecule has 20 heavy (non-hydrogen) atoms. The zero-order chi connectivity index (χ0) is 14.8. The van der Waals surface area contributed by atoms with Crippen LogP contribution in [0.1, 0.15) is 26.3 Å². The fourth-order valence-electron chi connectivity index (χ4n) is 2.18. The van der Waals surface area contributed by atoms with Gasteiger partial charge in [-0.1, -0.05) is 42.2 Å². The molecule has 2 rings (SSSR count). The van der Waals surface area contributed by atoms with E-state index in [0.29, 0.717) is 0 Å². The van der Waals surface area contributed by atoms with Crippen molar-refractivity contribution in [1.82, 2.24) is 9.80 Å². The molecule has 0 aromatic heterocycles. The summed E-state index contributed by atoms with van der Waals surface area (Å²) in [6, 6.07) is 8.20. The third kappa shape index (κ3) is 3.65. The zero-order valence-corrected chi connectivity index (χ0v) is 14.2. The van der Waals surface area contributed by atoms with Gasteiger partial charge in [0, 0.05) is 17.6 Å². The predicted octanol–water partition coefficient (Wildman–Crippen LogP) is 3.54. The first-order valence-corrected chi connectivity index (χ1v) is 8.10. The van der Waals surface area contributed by atoms with Crippen LogP contribution in [0.2, 0.25) is 0 Å². The van der Waals surface area contributed by atoms with Crippen molar-refractivity contribution >= 4 is 28.3 Å². The van der Waals surface area contributed by atoms with E-state index in [2.05, 4.69) is 42.7 Å². The molecule has 1 heterocycles. The quantitative estimate of drug-likeness (QED) is 0.791. The van der Waals surface area contributed by atoms with Crippen LogP contribution in [-0.2, 0) is 6.54 Å². The lowest BCUT2D eigenvalue weighted by molar-refractivity contribution is 0.132. The van der Waals surface area contributed by atoms with Crippen molar-refractivity contribution in [3.63, 3.8) is 0 Å². The minimum atomic E-state index is 0.0591. The molecule has 0 aliphatic carbocycles. The smallest absolute Gasteiger partial charge is 0.139 e. The number of hydrogen-bond donors (Lipinski definition) is 0. The van der Waals surface area contributed by atoms with E-state index in [1.54, 1.807) is 18.9 Å². The van der Waals surface area contributed by atoms with Gasteiger partial charge >= 0.3 is 0 Å². The van der Waals surface area contributed by atoms with Crippen molar-refractivity contribution in [3.8, 4) is 5.75 Å². The second kappa shape index (κ2) is 6.33. The highest BCUT2D eigenvalue weighted by atomic mass is 32.2. The van der Waals surface area contributed by atoms with Gasteiger partial charge in [-0.2, -0.15) is 0 Å². The Labute approximate surface area is 131 Å². The zero-order valence-electron chi connectivity index (χ0n) is 12.5. The van der Waals surface area contributed by atoms with E-state index >= 15 is 0 Å². The third-order valence-electron chi connectivity index (χ3n) is 3.33. The first kappa shape index (κ1) is 15.6. The number of ether oxygens (including phenoxy) is 1. The predicted molar refractivity (Wildman–Crippen MR) is 90.1 cm³/mol. The standard InChI is InChI=1S/C15H22N2OS2/c1-15(2,3)17-10-16(11-20-14(17)19)9-12-7-5-6-8-13(12)18-4/h5-8H,9-11H2,1-4H3. The first-order valence-electron chi connectivity index (χ1n) is 6.70. The average molecular weight is 310 g/mol. The fraction of sp³-hybridized carbons (Fsp3) is 0.533. The second-order valence-corrected chi connectivity index (χ2v) is 7.50. The lowest BCUT2D eigenvalue weighted by Crippen LogP contribution is -2.52. The highest BCUT2D eigenvalue weighted by molar-refractivity contribution is 8.22. The van der Waals surface area contributed by atoms with Crippen LogP contribution >= 0.6 is 24.0 Å². The molecule has 0 unspecified atom stereocenters. The van der Waals surface area contributed by atoms with E-state index in [-0.39, 0.29) is 5.54 Å². The van der Waals surface area contributed by atoms with Gasteiger partial charge in [-0.15, -0.1) is 0 Å². The molecule has 1 saturated heterocycles. The van der Waals surface area contributed by atoms with Gasteiger partial charge < -0.3 is 9.64 Å². The molecule has 0 saturated carbocycles. The Bertz CT molecular complexity index is 485. The Morgan fingerprint density at radius 2 is 2.00 bits per heavy atom. The van der Waals surface area contributed by atoms with Crippen LogP contribution in [0.3, 0.4) is 0 Å². The van der Waals surface area contributed by atoms with Gasteiger partial charge in [0.05, 0.1) is 19.7 Å². The first-order chi connectivity index (χ1) is 9.41. The molecule has 1 aliphatic heterocycles. The van der Waals surface area contributed by atoms with Crippen molar-refractivity contribution < 1.29 is 4.74 Å². The van der Waals surface area contributed by atoms with Crippen LogP contribution < -0.4 is 4.74 Å². The highest BCUT2D eigenvalue weighted by Gasteiger charge is 2.30. The maximum absolute atomic E-state index is 5.48. The molecule has 5 heteroatoms. The number of methoxy groups -OCH3 is 1. The van der Waals surface area contributed by atoms with E-state index in [1.807, 2.05) is 12.1 Å². The van der Waals surface area contributed by atoms with Crippen LogP contribution in [0.25, 0.3) is 0 Å². The minimum absolute atomic E-state index is 0.0591. The number of nitrogens with zero attached hydrogens (tertiary/aromatic N) is 2. The molecular weight excluding hydrogens is 288 g/mol. The van der Waals surface area contributed by atoms with Crippen molar-refractivity contribution in [2.45, 2.75) is 32.9 Å². The van der Waals surface area contributed by atoms with E-state index in [9.17, 15) is 0 Å². The van der Waals surface area contributed by atoms with Gasteiger partial charge in [0.15, 0.2) is 0 Å². The number of thioether (sulfide) groups is 1. The number of thiocarbonyl (C=S) groups is 1. The maximum atomic E-state index is 5.48. The molecule has 1 fully saturated rings. The molecule has 1 aromatic carbocycles. The Kier molecular flexibility index (Phi) is 4.94. The Morgan fingerprint density at radius 3 is 2.65 bits per heavy atom. The fourth-order valence-corrected chi connectivity index (χ4v) is 3.62. The third-order valence-corrected chi connectivity index (χ3v) is 4.86. The van der Waals surface area contributed by atoms with Crippen LogP contribution in [0.15, 0.2) is 24.3 Å². The van der Waals surface area contributed by atoms with Crippen LogP contribution in [-0.4, -0.2) is 39.3 Å². The van der Waals surface area contributed by atoms with E-state index in [4.69, 9.17) is 17.0 Å². The molecule has 0 radical (unpaired) electrons. The largest absolute Gasteiger partial charge is 0.496 e. The molecular formula is C15H22N2OS2. The topological polar surface area (TPSA) is 15.7 Å². The molecule has 110 valence electrons. The van der Waals surface area contributed by atoms with Crippen LogP contribution in [0.4, 0.5) is 0 Å². The summed E-state index contributed by atoms with van der Waals surface area (Å²) in [6.07, 6.45) is 0. The summed E-state index contributed by atoms with van der Waals surface area (Å²) in [4.78, 5) is 4.68. The second-order valence-electron chi connectivity index (χ2n) is 5.92. The summed E-state index contributed by atoms with van der Waals surface area (Å²) in [7, 11) is 1.72. The Morgan fingerprint density at radius 1 is 1.30 bits per heavy atom.